The van der Waals surface area contributed by atoms with Crippen LogP contribution in [0.25, 0.3) is 0 Å². The van der Waals surface area contributed by atoms with E-state index in [0.29, 0.717) is 0 Å². The van der Waals surface area contributed by atoms with Crippen LogP contribution in [0, 0.1) is 0 Å². The molecule has 2 aliphatic rings. The Morgan fingerprint density at radius 1 is 1.09 bits per heavy atom. The summed E-state index contributed by atoms with van der Waals surface area (Å²) in [6, 6.07) is 18.0. The van der Waals surface area contributed by atoms with Gasteiger partial charge in [0.05, 0.1) is 0 Å². The van der Waals surface area contributed by atoms with E-state index in [4.69, 9.17) is 21.5 Å². The molecule has 0 aromatic heterocycles. The van der Waals surface area contributed by atoms with Gasteiger partial charge in [-0.1, -0.05) is 0 Å². The first kappa shape index (κ1) is 13.9. The van der Waals surface area contributed by atoms with E-state index in [1.54, 1.807) is 0 Å². The third-order valence-corrected chi connectivity index (χ3v) is 8.90. The molecule has 0 saturated carbocycles. The summed E-state index contributed by atoms with van der Waals surface area (Å²) in [6.45, 7) is 2.01. The third-order valence-electron chi connectivity index (χ3n) is 3.58. The number of hydrazone groups is 1. The quantitative estimate of drug-likeness (QED) is 0.757. The topological polar surface area (TPSA) is 37.2 Å². The van der Waals surface area contributed by atoms with Crippen molar-refractivity contribution in [2.45, 2.75) is 11.8 Å². The van der Waals surface area contributed by atoms with E-state index >= 15 is 0 Å². The predicted molar refractivity (Wildman–Crippen MR) is 90.6 cm³/mol. The number of fused-ring (bicyclic) bond motifs is 1. The minimum atomic E-state index is -1.77. The zero-order valence-electron chi connectivity index (χ0n) is 11.8. The van der Waals surface area contributed by atoms with Crippen molar-refractivity contribution in [2.75, 3.05) is 3.93 Å². The van der Waals surface area contributed by atoms with Crippen LogP contribution >= 0.6 is 11.6 Å². The summed E-state index contributed by atoms with van der Waals surface area (Å²) >= 11 is 4.22. The number of halogens is 1. The Morgan fingerprint density at radius 3 is 2.55 bits per heavy atom. The summed E-state index contributed by atoms with van der Waals surface area (Å²) < 4.78 is 3.16. The van der Waals surface area contributed by atoms with Gasteiger partial charge in [0, 0.05) is 0 Å². The molecule has 0 radical (unpaired) electrons. The molecule has 2 atom stereocenters. The molecule has 0 amide bonds. The van der Waals surface area contributed by atoms with E-state index in [1.807, 2.05) is 49.4 Å². The molecule has 0 N–H and O–H groups in total. The number of rotatable bonds is 2. The van der Waals surface area contributed by atoms with Crippen LogP contribution < -0.4 is 3.93 Å². The molecule has 2 aliphatic heterocycles. The van der Waals surface area contributed by atoms with E-state index in [1.165, 1.54) is 0 Å². The Hall–Kier alpha value is -1.77. The van der Waals surface area contributed by atoms with Crippen LogP contribution in [-0.4, -0.2) is 30.0 Å². The first-order valence-electron chi connectivity index (χ1n) is 6.93. The predicted octanol–water partition coefficient (Wildman–Crippen LogP) is 3.41. The zero-order valence-corrected chi connectivity index (χ0v) is 14.5. The molecule has 110 valence electrons. The molecule has 6 heteroatoms. The van der Waals surface area contributed by atoms with Gasteiger partial charge in [-0.25, -0.2) is 0 Å². The summed E-state index contributed by atoms with van der Waals surface area (Å²) in [5, 5.41) is 9.80. The van der Waals surface area contributed by atoms with Crippen LogP contribution in [0.4, 0.5) is 5.69 Å². The molecule has 2 unspecified atom stereocenters. The first-order valence-corrected chi connectivity index (χ1v) is 10.2. The van der Waals surface area contributed by atoms with Crippen LogP contribution in [0.3, 0.4) is 0 Å². The van der Waals surface area contributed by atoms with E-state index in [0.717, 1.165) is 26.5 Å². The van der Waals surface area contributed by atoms with Crippen LogP contribution in [0.15, 0.2) is 64.9 Å². The number of nitrogens with zero attached hydrogens (tertiary/aromatic N) is 3. The van der Waals surface area contributed by atoms with Gasteiger partial charge in [-0.3, -0.25) is 0 Å². The molecule has 0 spiro atoms. The molecule has 2 aromatic rings. The van der Waals surface area contributed by atoms with Gasteiger partial charge < -0.3 is 0 Å². The second-order valence-corrected chi connectivity index (χ2v) is 9.64. The van der Waals surface area contributed by atoms with Gasteiger partial charge in [-0.2, -0.15) is 0 Å². The average molecular weight is 374 g/mol. The van der Waals surface area contributed by atoms with Crippen molar-refractivity contribution >= 4 is 42.4 Å². The maximum atomic E-state index is 5.99. The SMILES string of the molecule is CC1=NN(c2ccccc2)[As]2C(c3ccc(Cl)cc3)=NOC12. The fourth-order valence-electron chi connectivity index (χ4n) is 2.51. The monoisotopic (exact) mass is 373 g/mol. The van der Waals surface area contributed by atoms with Crippen LogP contribution in [0.5, 0.6) is 0 Å². The summed E-state index contributed by atoms with van der Waals surface area (Å²) in [6.07, 6.45) is 0. The second kappa shape index (κ2) is 5.45. The fraction of sp³-hybridized carbons (Fsp3) is 0.125. The maximum absolute atomic E-state index is 5.99. The Balaban J connectivity index is 1.73. The van der Waals surface area contributed by atoms with Gasteiger partial charge in [-0.15, -0.1) is 0 Å². The molecular weight excluding hydrogens is 361 g/mol. The van der Waals surface area contributed by atoms with Gasteiger partial charge >= 0.3 is 138 Å². The van der Waals surface area contributed by atoms with Crippen LogP contribution in [-0.2, 0) is 4.84 Å². The molecule has 0 fully saturated rings. The number of benzene rings is 2. The molecular formula is C16H13AsClN3O. The van der Waals surface area contributed by atoms with E-state index in [-0.39, 0.29) is 4.89 Å². The first-order chi connectivity index (χ1) is 10.7. The molecule has 0 saturated heterocycles. The van der Waals surface area contributed by atoms with Crippen molar-refractivity contribution in [3.63, 3.8) is 0 Å². The summed E-state index contributed by atoms with van der Waals surface area (Å²) in [7, 11) is 0. The van der Waals surface area contributed by atoms with Gasteiger partial charge in [0.2, 0.25) is 0 Å². The third kappa shape index (κ3) is 2.23. The normalized spacial score (nSPS) is 22.9. The van der Waals surface area contributed by atoms with Gasteiger partial charge in [0.25, 0.3) is 0 Å². The molecule has 22 heavy (non-hydrogen) atoms. The summed E-state index contributed by atoms with van der Waals surface area (Å²) in [4.78, 5) is 5.70. The standard InChI is InChI=1S/C16H13AsClN3O/c1-11-16-17(21(19-11)14-5-3-2-4-6-14)15(20-22-16)12-7-9-13(18)10-8-12/h2-10,16H,1H3. The van der Waals surface area contributed by atoms with Gasteiger partial charge in [0.1, 0.15) is 0 Å². The Labute approximate surface area is 138 Å². The number of para-hydroxylation sites is 1. The minimum absolute atomic E-state index is 0.0124. The van der Waals surface area contributed by atoms with Crippen molar-refractivity contribution in [2.24, 2.45) is 10.3 Å². The van der Waals surface area contributed by atoms with Crippen molar-refractivity contribution in [3.8, 4) is 0 Å². The number of anilines is 1. The van der Waals surface area contributed by atoms with Crippen molar-refractivity contribution in [1.82, 2.24) is 0 Å². The van der Waals surface area contributed by atoms with Gasteiger partial charge in [-0.05, 0) is 0 Å². The summed E-state index contributed by atoms with van der Waals surface area (Å²) in [5.41, 5.74) is 3.16. The average Bonchev–Trinajstić information content (AvgIpc) is 3.11. The van der Waals surface area contributed by atoms with E-state index in [9.17, 15) is 0 Å². The molecule has 4 rings (SSSR count). The molecule has 2 heterocycles. The second-order valence-electron chi connectivity index (χ2n) is 5.09. The van der Waals surface area contributed by atoms with Crippen molar-refractivity contribution in [3.05, 3.63) is 65.2 Å². The Bertz CT molecular complexity index is 761. The number of oxime groups is 1. The Kier molecular flexibility index (Phi) is 3.44. The van der Waals surface area contributed by atoms with Crippen molar-refractivity contribution in [1.29, 1.82) is 0 Å². The Morgan fingerprint density at radius 2 is 1.82 bits per heavy atom. The molecule has 4 nitrogen and oxygen atoms in total. The fourth-order valence-corrected chi connectivity index (χ4v) is 7.48. The van der Waals surface area contributed by atoms with E-state index in [2.05, 4.69) is 21.2 Å². The molecule has 2 aromatic carbocycles. The van der Waals surface area contributed by atoms with Crippen LogP contribution in [0.2, 0.25) is 5.02 Å². The molecule has 0 aliphatic carbocycles. The van der Waals surface area contributed by atoms with E-state index < -0.39 is 14.9 Å². The number of hydrogen-bond acceptors (Lipinski definition) is 4. The van der Waals surface area contributed by atoms with Crippen LogP contribution in [0.1, 0.15) is 12.5 Å². The van der Waals surface area contributed by atoms with Gasteiger partial charge in [0.15, 0.2) is 0 Å². The molecule has 0 bridgehead atoms. The number of hydrogen-bond donors (Lipinski definition) is 0. The van der Waals surface area contributed by atoms with Crippen molar-refractivity contribution < 1.29 is 4.84 Å². The zero-order chi connectivity index (χ0) is 15.1. The summed E-state index contributed by atoms with van der Waals surface area (Å²) in [5.74, 6) is 0.